The number of nitrogens with one attached hydrogen (secondary N) is 2. The van der Waals surface area contributed by atoms with Crippen LogP contribution in [0.15, 0.2) is 24.3 Å². The van der Waals surface area contributed by atoms with Crippen LogP contribution in [0.5, 0.6) is 0 Å². The third kappa shape index (κ3) is 11.1. The van der Waals surface area contributed by atoms with Crippen molar-refractivity contribution in [2.45, 2.75) is 116 Å². The lowest BCUT2D eigenvalue weighted by molar-refractivity contribution is -0.143. The van der Waals surface area contributed by atoms with Gasteiger partial charge in [0.25, 0.3) is 0 Å². The average molecular weight is 572 g/mol. The summed E-state index contributed by atoms with van der Waals surface area (Å²) in [5, 5.41) is 6.05. The van der Waals surface area contributed by atoms with Crippen molar-refractivity contribution in [3.8, 4) is 12.3 Å². The van der Waals surface area contributed by atoms with E-state index in [-0.39, 0.29) is 17.9 Å². The minimum atomic E-state index is -0.902. The SMILES string of the molecule is C#Cc1ccccc1C(C(=O)NC1CCCCC1)N(CCCCCC)C(=O)C(CCSC)NC(=O)OC(C)(C)C. The number of carbonyl (C=O) groups is 3. The molecule has 8 heteroatoms. The molecule has 0 heterocycles. The van der Waals surface area contributed by atoms with E-state index in [0.29, 0.717) is 29.8 Å². The first-order chi connectivity index (χ1) is 19.1. The molecular formula is C32H49N3O4S. The highest BCUT2D eigenvalue weighted by Crippen LogP contribution is 2.28. The van der Waals surface area contributed by atoms with Gasteiger partial charge in [-0.2, -0.15) is 11.8 Å². The molecule has 40 heavy (non-hydrogen) atoms. The van der Waals surface area contributed by atoms with Gasteiger partial charge in [-0.3, -0.25) is 9.59 Å². The van der Waals surface area contributed by atoms with Crippen LogP contribution in [-0.2, 0) is 14.3 Å². The number of thioether (sulfide) groups is 1. The fourth-order valence-electron chi connectivity index (χ4n) is 5.06. The van der Waals surface area contributed by atoms with Gasteiger partial charge in [-0.1, -0.05) is 69.6 Å². The highest BCUT2D eigenvalue weighted by molar-refractivity contribution is 7.98. The summed E-state index contributed by atoms with van der Waals surface area (Å²) in [6.45, 7) is 7.87. The van der Waals surface area contributed by atoms with Gasteiger partial charge < -0.3 is 20.3 Å². The summed E-state index contributed by atoms with van der Waals surface area (Å²) in [5.41, 5.74) is 0.506. The van der Waals surface area contributed by atoms with Crippen molar-refractivity contribution in [1.29, 1.82) is 0 Å². The molecule has 2 atom stereocenters. The van der Waals surface area contributed by atoms with E-state index in [1.54, 1.807) is 43.5 Å². The minimum absolute atomic E-state index is 0.0750. The van der Waals surface area contributed by atoms with E-state index < -0.39 is 23.8 Å². The second kappa shape index (κ2) is 17.2. The van der Waals surface area contributed by atoms with Gasteiger partial charge in [0.15, 0.2) is 0 Å². The Morgan fingerprint density at radius 1 is 1.12 bits per heavy atom. The number of unbranched alkanes of at least 4 members (excludes halogenated alkanes) is 3. The number of nitrogens with zero attached hydrogens (tertiary/aromatic N) is 1. The second-order valence-electron chi connectivity index (χ2n) is 11.6. The number of carbonyl (C=O) groups excluding carboxylic acids is 3. The molecule has 2 unspecified atom stereocenters. The Morgan fingerprint density at radius 3 is 2.45 bits per heavy atom. The van der Waals surface area contributed by atoms with Crippen molar-refractivity contribution >= 4 is 29.7 Å². The highest BCUT2D eigenvalue weighted by Gasteiger charge is 2.37. The third-order valence-electron chi connectivity index (χ3n) is 7.06. The van der Waals surface area contributed by atoms with E-state index >= 15 is 0 Å². The highest BCUT2D eigenvalue weighted by atomic mass is 32.2. The Bertz CT molecular complexity index is 995. The number of amides is 3. The Labute approximate surface area is 245 Å². The fraction of sp³-hybridized carbons (Fsp3) is 0.656. The first kappa shape index (κ1) is 33.5. The third-order valence-corrected chi connectivity index (χ3v) is 7.70. The molecule has 1 aliphatic carbocycles. The van der Waals surface area contributed by atoms with E-state index in [1.807, 2.05) is 24.5 Å². The molecule has 1 fully saturated rings. The number of benzene rings is 1. The first-order valence-electron chi connectivity index (χ1n) is 14.8. The van der Waals surface area contributed by atoms with Crippen LogP contribution < -0.4 is 10.6 Å². The lowest BCUT2D eigenvalue weighted by Crippen LogP contribution is -2.54. The van der Waals surface area contributed by atoms with Crippen molar-refractivity contribution in [3.63, 3.8) is 0 Å². The van der Waals surface area contributed by atoms with Gasteiger partial charge in [0, 0.05) is 18.2 Å². The number of rotatable bonds is 14. The summed E-state index contributed by atoms with van der Waals surface area (Å²) in [4.78, 5) is 42.8. The number of alkyl carbamates (subject to hydrolysis) is 1. The van der Waals surface area contributed by atoms with Gasteiger partial charge in [-0.15, -0.1) is 6.42 Å². The molecule has 1 aliphatic rings. The molecule has 0 saturated heterocycles. The van der Waals surface area contributed by atoms with Crippen molar-refractivity contribution < 1.29 is 19.1 Å². The summed E-state index contributed by atoms with van der Waals surface area (Å²) >= 11 is 1.60. The lowest BCUT2D eigenvalue weighted by Gasteiger charge is -2.36. The van der Waals surface area contributed by atoms with Gasteiger partial charge in [0.05, 0.1) is 0 Å². The predicted molar refractivity (Wildman–Crippen MR) is 164 cm³/mol. The van der Waals surface area contributed by atoms with Crippen molar-refractivity contribution in [2.75, 3.05) is 18.6 Å². The van der Waals surface area contributed by atoms with E-state index in [1.165, 1.54) is 6.42 Å². The molecule has 2 N–H and O–H groups in total. The molecule has 222 valence electrons. The average Bonchev–Trinajstić information content (AvgIpc) is 2.92. The van der Waals surface area contributed by atoms with Crippen LogP contribution >= 0.6 is 11.8 Å². The van der Waals surface area contributed by atoms with Crippen molar-refractivity contribution in [2.24, 2.45) is 0 Å². The van der Waals surface area contributed by atoms with Gasteiger partial charge in [0.2, 0.25) is 11.8 Å². The van der Waals surface area contributed by atoms with E-state index in [9.17, 15) is 14.4 Å². The lowest BCUT2D eigenvalue weighted by atomic mass is 9.93. The van der Waals surface area contributed by atoms with Crippen molar-refractivity contribution in [1.82, 2.24) is 15.5 Å². The van der Waals surface area contributed by atoms with E-state index in [0.717, 1.165) is 51.4 Å². The summed E-state index contributed by atoms with van der Waals surface area (Å²) < 4.78 is 5.49. The maximum atomic E-state index is 14.3. The Morgan fingerprint density at radius 2 is 1.82 bits per heavy atom. The molecular weight excluding hydrogens is 522 g/mol. The summed E-state index contributed by atoms with van der Waals surface area (Å²) in [6, 6.07) is 5.67. The number of terminal acetylenes is 1. The zero-order chi connectivity index (χ0) is 29.5. The van der Waals surface area contributed by atoms with Crippen molar-refractivity contribution in [3.05, 3.63) is 35.4 Å². The normalized spacial score (nSPS) is 15.4. The summed E-state index contributed by atoms with van der Waals surface area (Å²) in [6.07, 6.45) is 16.5. The number of hydrogen-bond acceptors (Lipinski definition) is 5. The molecule has 0 radical (unpaired) electrons. The Balaban J connectivity index is 2.51. The first-order valence-corrected chi connectivity index (χ1v) is 16.2. The molecule has 0 spiro atoms. The number of hydrogen-bond donors (Lipinski definition) is 2. The standard InChI is InChI=1S/C32H49N3O4S/c1-7-9-10-16-22-35(30(37)27(21-23-40-6)34-31(38)39-32(3,4)5)28(26-20-15-14-17-24(26)8-2)29(36)33-25-18-12-11-13-19-25/h2,14-15,17,20,25,27-28H,7,9-13,16,18-19,21-23H2,1,3-6H3,(H,33,36)(H,34,38). The van der Waals surface area contributed by atoms with E-state index in [4.69, 9.17) is 11.2 Å². The zero-order valence-electron chi connectivity index (χ0n) is 25.1. The predicted octanol–water partition coefficient (Wildman–Crippen LogP) is 6.21. The molecule has 0 bridgehead atoms. The smallest absolute Gasteiger partial charge is 0.408 e. The molecule has 3 amide bonds. The van der Waals surface area contributed by atoms with Gasteiger partial charge in [-0.05, 0) is 70.1 Å². The maximum absolute atomic E-state index is 14.3. The number of ether oxygens (including phenoxy) is 1. The summed E-state index contributed by atoms with van der Waals surface area (Å²) in [7, 11) is 0. The Kier molecular flexibility index (Phi) is 14.4. The molecule has 1 saturated carbocycles. The topological polar surface area (TPSA) is 87.7 Å². The Hall–Kier alpha value is -2.66. The van der Waals surface area contributed by atoms with Crippen LogP contribution in [0.2, 0.25) is 0 Å². The second-order valence-corrected chi connectivity index (χ2v) is 12.5. The van der Waals surface area contributed by atoms with Crippen LogP contribution in [0, 0.1) is 12.3 Å². The van der Waals surface area contributed by atoms with Crippen LogP contribution in [0.4, 0.5) is 4.79 Å². The quantitative estimate of drug-likeness (QED) is 0.205. The van der Waals surface area contributed by atoms with Crippen LogP contribution in [0.25, 0.3) is 0 Å². The van der Waals surface area contributed by atoms with Gasteiger partial charge in [0.1, 0.15) is 17.7 Å². The fourth-order valence-corrected chi connectivity index (χ4v) is 5.53. The molecule has 7 nitrogen and oxygen atoms in total. The monoisotopic (exact) mass is 571 g/mol. The largest absolute Gasteiger partial charge is 0.444 e. The van der Waals surface area contributed by atoms with E-state index in [2.05, 4.69) is 23.5 Å². The minimum Gasteiger partial charge on any atom is -0.444 e. The van der Waals surface area contributed by atoms with Gasteiger partial charge >= 0.3 is 6.09 Å². The molecule has 1 aromatic carbocycles. The molecule has 0 aliphatic heterocycles. The van der Waals surface area contributed by atoms with Crippen LogP contribution in [-0.4, -0.2) is 59.0 Å². The molecule has 0 aromatic heterocycles. The molecule has 1 aromatic rings. The van der Waals surface area contributed by atoms with Gasteiger partial charge in [-0.25, -0.2) is 4.79 Å². The zero-order valence-corrected chi connectivity index (χ0v) is 25.9. The van der Waals surface area contributed by atoms with Crippen LogP contribution in [0.1, 0.15) is 109 Å². The van der Waals surface area contributed by atoms with Crippen LogP contribution in [0.3, 0.4) is 0 Å². The maximum Gasteiger partial charge on any atom is 0.408 e. The molecule has 2 rings (SSSR count). The summed E-state index contributed by atoms with van der Waals surface area (Å²) in [5.74, 6) is 2.86.